The summed E-state index contributed by atoms with van der Waals surface area (Å²) in [7, 11) is 0. The van der Waals surface area contributed by atoms with Crippen molar-refractivity contribution in [3.8, 4) is 0 Å². The highest BCUT2D eigenvalue weighted by Crippen LogP contribution is 2.22. The maximum absolute atomic E-state index is 13.3. The molecule has 18 heavy (non-hydrogen) atoms. The van der Waals surface area contributed by atoms with Gasteiger partial charge in [-0.3, -0.25) is 14.9 Å². The Morgan fingerprint density at radius 3 is 2.78 bits per heavy atom. The molecule has 96 valence electrons. The molecule has 0 aliphatic carbocycles. The third-order valence-corrected chi connectivity index (χ3v) is 3.15. The molecule has 0 spiro atoms. The summed E-state index contributed by atoms with van der Waals surface area (Å²) in [5.74, 6) is -1.11. The van der Waals surface area contributed by atoms with E-state index in [9.17, 15) is 19.3 Å². The molecule has 0 radical (unpaired) electrons. The van der Waals surface area contributed by atoms with Crippen LogP contribution in [-0.4, -0.2) is 28.3 Å². The van der Waals surface area contributed by atoms with Crippen LogP contribution >= 0.6 is 0 Å². The number of rotatable bonds is 2. The van der Waals surface area contributed by atoms with Gasteiger partial charge in [-0.25, -0.2) is 4.39 Å². The number of nitro groups is 1. The Labute approximate surface area is 103 Å². The summed E-state index contributed by atoms with van der Waals surface area (Å²) >= 11 is 0. The third kappa shape index (κ3) is 2.32. The maximum Gasteiger partial charge on any atom is 0.273 e. The summed E-state index contributed by atoms with van der Waals surface area (Å²) in [4.78, 5) is 23.7. The van der Waals surface area contributed by atoms with Gasteiger partial charge in [-0.05, 0) is 25.8 Å². The van der Waals surface area contributed by atoms with Gasteiger partial charge in [0, 0.05) is 24.2 Å². The molecule has 0 N–H and O–H groups in total. The van der Waals surface area contributed by atoms with Crippen molar-refractivity contribution in [2.45, 2.75) is 25.8 Å². The van der Waals surface area contributed by atoms with Crippen LogP contribution in [0.3, 0.4) is 0 Å². The van der Waals surface area contributed by atoms with Crippen molar-refractivity contribution in [1.29, 1.82) is 0 Å². The minimum Gasteiger partial charge on any atom is -0.336 e. The molecule has 5 nitrogen and oxygen atoms in total. The van der Waals surface area contributed by atoms with Crippen LogP contribution in [0.1, 0.15) is 30.1 Å². The first-order valence-corrected chi connectivity index (χ1v) is 5.75. The summed E-state index contributed by atoms with van der Waals surface area (Å²) in [5, 5.41) is 10.6. The highest BCUT2D eigenvalue weighted by atomic mass is 19.1. The number of nitrogens with zero attached hydrogens (tertiary/aromatic N) is 2. The smallest absolute Gasteiger partial charge is 0.273 e. The van der Waals surface area contributed by atoms with E-state index in [1.807, 2.05) is 6.92 Å². The molecular formula is C12H13FN2O3. The van der Waals surface area contributed by atoms with Crippen LogP contribution < -0.4 is 0 Å². The summed E-state index contributed by atoms with van der Waals surface area (Å²) in [6, 6.07) is 3.07. The lowest BCUT2D eigenvalue weighted by Crippen LogP contribution is -2.33. The van der Waals surface area contributed by atoms with Gasteiger partial charge < -0.3 is 4.90 Å². The average Bonchev–Trinajstić information content (AvgIpc) is 2.73. The molecule has 2 rings (SSSR count). The zero-order chi connectivity index (χ0) is 13.3. The molecule has 1 heterocycles. The summed E-state index contributed by atoms with van der Waals surface area (Å²) in [6.07, 6.45) is 1.81. The Balaban J connectivity index is 2.32. The van der Waals surface area contributed by atoms with Crippen LogP contribution in [0.2, 0.25) is 0 Å². The number of hydrogen-bond acceptors (Lipinski definition) is 3. The van der Waals surface area contributed by atoms with E-state index in [-0.39, 0.29) is 17.5 Å². The van der Waals surface area contributed by atoms with Gasteiger partial charge in [0.25, 0.3) is 11.6 Å². The molecule has 0 unspecified atom stereocenters. The second-order valence-electron chi connectivity index (χ2n) is 4.45. The molecular weight excluding hydrogens is 239 g/mol. The van der Waals surface area contributed by atoms with E-state index < -0.39 is 16.4 Å². The van der Waals surface area contributed by atoms with Crippen LogP contribution in [0.25, 0.3) is 0 Å². The van der Waals surface area contributed by atoms with Gasteiger partial charge in [-0.15, -0.1) is 0 Å². The standard InChI is InChI=1S/C12H13FN2O3/c1-8-3-2-4-14(8)12(16)9-5-10(13)7-11(6-9)15(17)18/h5-8H,2-4H2,1H3/t8-/m1/s1. The van der Waals surface area contributed by atoms with E-state index in [0.717, 1.165) is 31.0 Å². The van der Waals surface area contributed by atoms with E-state index >= 15 is 0 Å². The van der Waals surface area contributed by atoms with E-state index in [1.165, 1.54) is 0 Å². The van der Waals surface area contributed by atoms with Crippen LogP contribution in [0.5, 0.6) is 0 Å². The number of carbonyl (C=O) groups excluding carboxylic acids is 1. The quantitative estimate of drug-likeness (QED) is 0.599. The molecule has 1 atom stereocenters. The molecule has 1 amide bonds. The Kier molecular flexibility index (Phi) is 3.27. The first kappa shape index (κ1) is 12.5. The lowest BCUT2D eigenvalue weighted by molar-refractivity contribution is -0.385. The number of likely N-dealkylation sites (tertiary alicyclic amines) is 1. The van der Waals surface area contributed by atoms with Gasteiger partial charge >= 0.3 is 0 Å². The first-order chi connectivity index (χ1) is 8.49. The van der Waals surface area contributed by atoms with Crippen molar-refractivity contribution in [2.75, 3.05) is 6.54 Å². The van der Waals surface area contributed by atoms with Gasteiger partial charge in [0.05, 0.1) is 11.0 Å². The fraction of sp³-hybridized carbons (Fsp3) is 0.417. The van der Waals surface area contributed by atoms with E-state index in [4.69, 9.17) is 0 Å². The Morgan fingerprint density at radius 2 is 2.22 bits per heavy atom. The number of nitro benzene ring substituents is 1. The molecule has 0 saturated carbocycles. The van der Waals surface area contributed by atoms with Crippen LogP contribution in [0.15, 0.2) is 18.2 Å². The number of amides is 1. The average molecular weight is 252 g/mol. The fourth-order valence-corrected chi connectivity index (χ4v) is 2.20. The van der Waals surface area contributed by atoms with Crippen molar-refractivity contribution in [3.05, 3.63) is 39.7 Å². The van der Waals surface area contributed by atoms with Gasteiger partial charge in [0.2, 0.25) is 0 Å². The zero-order valence-corrected chi connectivity index (χ0v) is 9.93. The van der Waals surface area contributed by atoms with E-state index in [0.29, 0.717) is 6.54 Å². The minimum atomic E-state index is -0.764. The highest BCUT2D eigenvalue weighted by Gasteiger charge is 2.27. The molecule has 1 fully saturated rings. The summed E-state index contributed by atoms with van der Waals surface area (Å²) in [6.45, 7) is 2.53. The Bertz CT molecular complexity index is 504. The molecule has 1 aliphatic rings. The monoisotopic (exact) mass is 252 g/mol. The predicted octanol–water partition coefficient (Wildman–Crippen LogP) is 2.36. The lowest BCUT2D eigenvalue weighted by Gasteiger charge is -2.21. The molecule has 6 heteroatoms. The second-order valence-corrected chi connectivity index (χ2v) is 4.45. The van der Waals surface area contributed by atoms with Crippen molar-refractivity contribution in [3.63, 3.8) is 0 Å². The number of non-ortho nitro benzene ring substituents is 1. The molecule has 1 aromatic rings. The van der Waals surface area contributed by atoms with E-state index in [2.05, 4.69) is 0 Å². The topological polar surface area (TPSA) is 63.5 Å². The minimum absolute atomic E-state index is 0.0375. The Hall–Kier alpha value is -1.98. The molecule has 0 aromatic heterocycles. The number of benzene rings is 1. The number of hydrogen-bond donors (Lipinski definition) is 0. The van der Waals surface area contributed by atoms with Crippen LogP contribution in [0.4, 0.5) is 10.1 Å². The number of halogens is 1. The normalized spacial score (nSPS) is 19.0. The van der Waals surface area contributed by atoms with Gasteiger partial charge in [-0.2, -0.15) is 0 Å². The number of carbonyl (C=O) groups is 1. The largest absolute Gasteiger partial charge is 0.336 e. The van der Waals surface area contributed by atoms with Gasteiger partial charge in [-0.1, -0.05) is 0 Å². The van der Waals surface area contributed by atoms with Crippen molar-refractivity contribution in [2.24, 2.45) is 0 Å². The predicted molar refractivity (Wildman–Crippen MR) is 62.8 cm³/mol. The second kappa shape index (κ2) is 4.72. The highest BCUT2D eigenvalue weighted by molar-refractivity contribution is 5.95. The lowest BCUT2D eigenvalue weighted by atomic mass is 10.1. The summed E-state index contributed by atoms with van der Waals surface area (Å²) < 4.78 is 13.3. The SMILES string of the molecule is C[C@@H]1CCCN1C(=O)c1cc(F)cc([N+](=O)[O-])c1. The Morgan fingerprint density at radius 1 is 1.50 bits per heavy atom. The molecule has 0 bridgehead atoms. The van der Waals surface area contributed by atoms with Crippen molar-refractivity contribution in [1.82, 2.24) is 4.90 Å². The first-order valence-electron chi connectivity index (χ1n) is 5.75. The molecule has 1 aliphatic heterocycles. The zero-order valence-electron chi connectivity index (χ0n) is 9.93. The summed E-state index contributed by atoms with van der Waals surface area (Å²) in [5.41, 5.74) is -0.361. The van der Waals surface area contributed by atoms with Crippen LogP contribution in [-0.2, 0) is 0 Å². The fourth-order valence-electron chi connectivity index (χ4n) is 2.20. The van der Waals surface area contributed by atoms with E-state index in [1.54, 1.807) is 4.90 Å². The van der Waals surface area contributed by atoms with Gasteiger partial charge in [0.1, 0.15) is 5.82 Å². The molecule has 1 aromatic carbocycles. The van der Waals surface area contributed by atoms with Crippen LogP contribution in [0, 0.1) is 15.9 Å². The third-order valence-electron chi connectivity index (χ3n) is 3.15. The molecule has 1 saturated heterocycles. The maximum atomic E-state index is 13.3. The van der Waals surface area contributed by atoms with Crippen molar-refractivity contribution < 1.29 is 14.1 Å². The van der Waals surface area contributed by atoms with Gasteiger partial charge in [0.15, 0.2) is 0 Å². The van der Waals surface area contributed by atoms with Crippen molar-refractivity contribution >= 4 is 11.6 Å².